The van der Waals surface area contributed by atoms with Gasteiger partial charge in [-0.3, -0.25) is 0 Å². The number of morpholine rings is 1. The van der Waals surface area contributed by atoms with Crippen LogP contribution >= 0.6 is 0 Å². The van der Waals surface area contributed by atoms with Crippen molar-refractivity contribution in [3.8, 4) is 0 Å². The Bertz CT molecular complexity index is 183. The quantitative estimate of drug-likeness (QED) is 0.509. The molecule has 0 saturated carbocycles. The summed E-state index contributed by atoms with van der Waals surface area (Å²) in [5.74, 6) is 0. The maximum Gasteiger partial charge on any atom is 0.407 e. The first-order valence-electron chi connectivity index (χ1n) is 4.10. The van der Waals surface area contributed by atoms with Crippen LogP contribution in [0.2, 0.25) is 0 Å². The number of rotatable bonds is 0. The summed E-state index contributed by atoms with van der Waals surface area (Å²) >= 11 is 0. The Hall–Kier alpha value is -0.810. The Labute approximate surface area is 70.3 Å². The van der Waals surface area contributed by atoms with Gasteiger partial charge in [0.05, 0.1) is 25.3 Å². The highest BCUT2D eigenvalue weighted by molar-refractivity contribution is 5.65. The predicted octanol–water partition coefficient (Wildman–Crippen LogP) is -0.663. The Morgan fingerprint density at radius 1 is 1.58 bits per heavy atom. The zero-order valence-corrected chi connectivity index (χ0v) is 6.69. The molecule has 0 unspecified atom stereocenters. The van der Waals surface area contributed by atoms with Crippen molar-refractivity contribution in [2.75, 3.05) is 26.2 Å². The number of amides is 1. The van der Waals surface area contributed by atoms with E-state index < -0.39 is 6.09 Å². The van der Waals surface area contributed by atoms with Gasteiger partial charge in [0.2, 0.25) is 0 Å². The maximum atomic E-state index is 10.6. The van der Waals surface area contributed by atoms with Gasteiger partial charge in [0.25, 0.3) is 0 Å². The Kier molecular flexibility index (Phi) is 1.90. The first-order chi connectivity index (χ1) is 5.77. The number of ether oxygens (including phenoxy) is 1. The van der Waals surface area contributed by atoms with Crippen molar-refractivity contribution in [3.05, 3.63) is 0 Å². The number of nitrogens with one attached hydrogen (secondary N) is 1. The minimum atomic E-state index is -0.852. The summed E-state index contributed by atoms with van der Waals surface area (Å²) in [6, 6.07) is 0.204. The maximum absolute atomic E-state index is 10.6. The Balaban J connectivity index is 1.98. The molecule has 1 amide bonds. The summed E-state index contributed by atoms with van der Waals surface area (Å²) in [6.45, 7) is 2.58. The van der Waals surface area contributed by atoms with Crippen molar-refractivity contribution in [1.82, 2.24) is 10.2 Å². The molecule has 2 rings (SSSR count). The molecule has 5 heteroatoms. The van der Waals surface area contributed by atoms with Crippen molar-refractivity contribution in [2.45, 2.75) is 12.1 Å². The number of likely N-dealkylation sites (tertiary alicyclic amines) is 1. The SMILES string of the molecule is O=C(O)N1C[C@@H]2OCCN[C@@H]2C1. The molecule has 2 aliphatic heterocycles. The minimum Gasteiger partial charge on any atom is -0.465 e. The summed E-state index contributed by atoms with van der Waals surface area (Å²) in [7, 11) is 0. The lowest BCUT2D eigenvalue weighted by atomic mass is 10.2. The normalized spacial score (nSPS) is 34.8. The molecule has 2 aliphatic rings. The summed E-state index contributed by atoms with van der Waals surface area (Å²) in [5, 5.41) is 11.9. The summed E-state index contributed by atoms with van der Waals surface area (Å²) in [6.07, 6.45) is -0.787. The fourth-order valence-corrected chi connectivity index (χ4v) is 1.75. The molecule has 5 nitrogen and oxygen atoms in total. The summed E-state index contributed by atoms with van der Waals surface area (Å²) in [4.78, 5) is 12.0. The Morgan fingerprint density at radius 3 is 3.08 bits per heavy atom. The molecular weight excluding hydrogens is 160 g/mol. The van der Waals surface area contributed by atoms with E-state index in [0.717, 1.165) is 6.54 Å². The molecule has 0 aromatic heterocycles. The fourth-order valence-electron chi connectivity index (χ4n) is 1.75. The largest absolute Gasteiger partial charge is 0.465 e. The van der Waals surface area contributed by atoms with Crippen LogP contribution in [-0.2, 0) is 4.74 Å². The van der Waals surface area contributed by atoms with Crippen molar-refractivity contribution in [2.24, 2.45) is 0 Å². The number of carbonyl (C=O) groups is 1. The van der Waals surface area contributed by atoms with E-state index in [4.69, 9.17) is 9.84 Å². The third-order valence-electron chi connectivity index (χ3n) is 2.38. The van der Waals surface area contributed by atoms with Gasteiger partial charge in [-0.15, -0.1) is 0 Å². The first kappa shape index (κ1) is 7.82. The second-order valence-corrected chi connectivity index (χ2v) is 3.16. The minimum absolute atomic E-state index is 0.0647. The molecule has 0 aromatic carbocycles. The van der Waals surface area contributed by atoms with Gasteiger partial charge in [0, 0.05) is 13.1 Å². The molecule has 2 fully saturated rings. The highest BCUT2D eigenvalue weighted by atomic mass is 16.5. The second kappa shape index (κ2) is 2.91. The molecule has 2 saturated heterocycles. The van der Waals surface area contributed by atoms with E-state index >= 15 is 0 Å². The van der Waals surface area contributed by atoms with E-state index in [1.54, 1.807) is 0 Å². The molecule has 0 radical (unpaired) electrons. The lowest BCUT2D eigenvalue weighted by molar-refractivity contribution is 0.0179. The van der Waals surface area contributed by atoms with Gasteiger partial charge < -0.3 is 20.1 Å². The topological polar surface area (TPSA) is 61.8 Å². The van der Waals surface area contributed by atoms with E-state index in [1.807, 2.05) is 0 Å². The van der Waals surface area contributed by atoms with E-state index in [0.29, 0.717) is 19.7 Å². The molecule has 2 heterocycles. The van der Waals surface area contributed by atoms with Crippen LogP contribution in [0.5, 0.6) is 0 Å². The number of fused-ring (bicyclic) bond motifs is 1. The van der Waals surface area contributed by atoms with Crippen molar-refractivity contribution >= 4 is 6.09 Å². The second-order valence-electron chi connectivity index (χ2n) is 3.16. The molecule has 0 bridgehead atoms. The molecule has 12 heavy (non-hydrogen) atoms. The van der Waals surface area contributed by atoms with E-state index in [9.17, 15) is 4.79 Å². The zero-order valence-electron chi connectivity index (χ0n) is 6.69. The van der Waals surface area contributed by atoms with Gasteiger partial charge in [-0.25, -0.2) is 4.79 Å². The molecule has 68 valence electrons. The molecule has 2 N–H and O–H groups in total. The lowest BCUT2D eigenvalue weighted by Crippen LogP contribution is -2.47. The van der Waals surface area contributed by atoms with Crippen molar-refractivity contribution in [3.63, 3.8) is 0 Å². The van der Waals surface area contributed by atoms with E-state index in [2.05, 4.69) is 5.32 Å². The number of nitrogens with zero attached hydrogens (tertiary/aromatic N) is 1. The van der Waals surface area contributed by atoms with Gasteiger partial charge >= 0.3 is 6.09 Å². The lowest BCUT2D eigenvalue weighted by Gasteiger charge is -2.25. The molecule has 0 aliphatic carbocycles. The van der Waals surface area contributed by atoms with Crippen LogP contribution in [0.3, 0.4) is 0 Å². The highest BCUT2D eigenvalue weighted by Gasteiger charge is 2.37. The number of carboxylic acid groups (broad SMARTS) is 1. The zero-order chi connectivity index (χ0) is 8.55. The monoisotopic (exact) mass is 172 g/mol. The van der Waals surface area contributed by atoms with Crippen LogP contribution in [0.15, 0.2) is 0 Å². The van der Waals surface area contributed by atoms with Gasteiger partial charge in [0.15, 0.2) is 0 Å². The smallest absolute Gasteiger partial charge is 0.407 e. The first-order valence-corrected chi connectivity index (χ1v) is 4.10. The standard InChI is InChI=1S/C7H12N2O3/c10-7(11)9-3-5-6(4-9)12-2-1-8-5/h5-6,8H,1-4H2,(H,10,11)/t5-,6+/m1/s1. The van der Waals surface area contributed by atoms with Gasteiger partial charge in [-0.05, 0) is 0 Å². The summed E-state index contributed by atoms with van der Waals surface area (Å²) in [5.41, 5.74) is 0. The highest BCUT2D eigenvalue weighted by Crippen LogP contribution is 2.15. The number of hydrogen-bond donors (Lipinski definition) is 2. The van der Waals surface area contributed by atoms with Crippen molar-refractivity contribution in [1.29, 1.82) is 0 Å². The Morgan fingerprint density at radius 2 is 2.42 bits per heavy atom. The third-order valence-corrected chi connectivity index (χ3v) is 2.38. The van der Waals surface area contributed by atoms with Crippen LogP contribution in [0.25, 0.3) is 0 Å². The number of hydrogen-bond acceptors (Lipinski definition) is 3. The average molecular weight is 172 g/mol. The van der Waals surface area contributed by atoms with Crippen LogP contribution < -0.4 is 5.32 Å². The van der Waals surface area contributed by atoms with Crippen LogP contribution in [0.4, 0.5) is 4.79 Å². The predicted molar refractivity (Wildman–Crippen MR) is 41.1 cm³/mol. The van der Waals surface area contributed by atoms with E-state index in [1.165, 1.54) is 4.90 Å². The molecule has 0 aromatic rings. The summed E-state index contributed by atoms with van der Waals surface area (Å²) < 4.78 is 5.41. The molecular formula is C7H12N2O3. The van der Waals surface area contributed by atoms with Crippen molar-refractivity contribution < 1.29 is 14.6 Å². The third kappa shape index (κ3) is 1.25. The fraction of sp³-hybridized carbons (Fsp3) is 0.857. The van der Waals surface area contributed by atoms with Gasteiger partial charge in [0.1, 0.15) is 0 Å². The van der Waals surface area contributed by atoms with Gasteiger partial charge in [-0.2, -0.15) is 0 Å². The molecule has 0 spiro atoms. The van der Waals surface area contributed by atoms with Crippen LogP contribution in [0, 0.1) is 0 Å². The molecule has 2 atom stereocenters. The van der Waals surface area contributed by atoms with Gasteiger partial charge in [-0.1, -0.05) is 0 Å². The van der Waals surface area contributed by atoms with Crippen LogP contribution in [0.1, 0.15) is 0 Å². The van der Waals surface area contributed by atoms with E-state index in [-0.39, 0.29) is 12.1 Å². The van der Waals surface area contributed by atoms with Crippen LogP contribution in [-0.4, -0.2) is 54.5 Å². The average Bonchev–Trinajstić information content (AvgIpc) is 2.46.